The molecule has 0 fully saturated rings. The fraction of sp³-hybridized carbons (Fsp3) is 0.455. The molecule has 0 spiro atoms. The third kappa shape index (κ3) is 3.39. The van der Waals surface area contributed by atoms with Crippen molar-refractivity contribution < 1.29 is 13.2 Å². The molecule has 0 aliphatic heterocycles. The molecule has 0 amide bonds. The summed E-state index contributed by atoms with van der Waals surface area (Å²) >= 11 is 1.35. The highest BCUT2D eigenvalue weighted by Gasteiger charge is 2.26. The minimum Gasteiger partial charge on any atom is -0.383 e. The summed E-state index contributed by atoms with van der Waals surface area (Å²) in [6.45, 7) is 4.69. The van der Waals surface area contributed by atoms with Crippen molar-refractivity contribution in [2.75, 3.05) is 26.8 Å². The van der Waals surface area contributed by atoms with E-state index < -0.39 is 10.0 Å². The van der Waals surface area contributed by atoms with E-state index >= 15 is 0 Å². The summed E-state index contributed by atoms with van der Waals surface area (Å²) in [5.41, 5.74) is 5.55. The second kappa shape index (κ2) is 7.01. The van der Waals surface area contributed by atoms with Gasteiger partial charge in [-0.15, -0.1) is 17.9 Å². The van der Waals surface area contributed by atoms with Crippen LogP contribution in [0.5, 0.6) is 0 Å². The van der Waals surface area contributed by atoms with Gasteiger partial charge in [0, 0.05) is 31.6 Å². The van der Waals surface area contributed by atoms with E-state index in [1.165, 1.54) is 22.8 Å². The molecule has 0 unspecified atom stereocenters. The number of hydrogen-bond donors (Lipinski definition) is 1. The molecule has 1 rings (SSSR count). The van der Waals surface area contributed by atoms with Crippen LogP contribution in [0.1, 0.15) is 4.88 Å². The van der Waals surface area contributed by atoms with Crippen LogP contribution in [-0.2, 0) is 21.3 Å². The molecular weight excluding hydrogens is 272 g/mol. The summed E-state index contributed by atoms with van der Waals surface area (Å²) in [5, 5.41) is 1.73. The molecule has 0 saturated carbocycles. The Balaban J connectivity index is 3.04. The summed E-state index contributed by atoms with van der Waals surface area (Å²) in [6.07, 6.45) is 1.56. The van der Waals surface area contributed by atoms with Gasteiger partial charge in [-0.1, -0.05) is 6.08 Å². The van der Waals surface area contributed by atoms with Crippen LogP contribution in [0.2, 0.25) is 0 Å². The number of ether oxygens (including phenoxy) is 1. The van der Waals surface area contributed by atoms with E-state index in [2.05, 4.69) is 6.58 Å². The standard InChI is InChI=1S/C11H18N2O3S2/c1-3-5-13(6-7-16-2)18(14,15)11-4-8-17-10(11)9-12/h3-4,8H,1,5-7,9,12H2,2H3. The number of nitrogens with zero attached hydrogens (tertiary/aromatic N) is 1. The molecule has 0 bridgehead atoms. The van der Waals surface area contributed by atoms with Gasteiger partial charge in [0.1, 0.15) is 0 Å². The van der Waals surface area contributed by atoms with Crippen molar-refractivity contribution in [3.8, 4) is 0 Å². The molecule has 1 aromatic rings. The third-order valence-electron chi connectivity index (χ3n) is 2.39. The van der Waals surface area contributed by atoms with Gasteiger partial charge in [0.25, 0.3) is 0 Å². The Labute approximate surface area is 112 Å². The molecule has 0 radical (unpaired) electrons. The highest BCUT2D eigenvalue weighted by atomic mass is 32.2. The van der Waals surface area contributed by atoms with Crippen LogP contribution in [0.15, 0.2) is 29.0 Å². The number of methoxy groups -OCH3 is 1. The third-order valence-corrected chi connectivity index (χ3v) is 5.41. The predicted octanol–water partition coefficient (Wildman–Crippen LogP) is 1.03. The number of hydrogen-bond acceptors (Lipinski definition) is 5. The van der Waals surface area contributed by atoms with Gasteiger partial charge in [0.15, 0.2) is 0 Å². The smallest absolute Gasteiger partial charge is 0.244 e. The summed E-state index contributed by atoms with van der Waals surface area (Å²) in [6, 6.07) is 1.59. The van der Waals surface area contributed by atoms with E-state index in [0.717, 1.165) is 0 Å². The number of nitrogens with two attached hydrogens (primary N) is 1. The van der Waals surface area contributed by atoms with Crippen LogP contribution in [0.3, 0.4) is 0 Å². The Morgan fingerprint density at radius 1 is 1.61 bits per heavy atom. The molecule has 0 aliphatic rings. The van der Waals surface area contributed by atoms with Gasteiger partial charge in [0.05, 0.1) is 11.5 Å². The van der Waals surface area contributed by atoms with E-state index in [-0.39, 0.29) is 18.0 Å². The van der Waals surface area contributed by atoms with Crippen molar-refractivity contribution in [1.82, 2.24) is 4.31 Å². The van der Waals surface area contributed by atoms with Crippen LogP contribution < -0.4 is 5.73 Å². The number of rotatable bonds is 8. The monoisotopic (exact) mass is 290 g/mol. The molecule has 2 N–H and O–H groups in total. The second-order valence-electron chi connectivity index (χ2n) is 3.56. The lowest BCUT2D eigenvalue weighted by atomic mass is 10.5. The molecular formula is C11H18N2O3S2. The molecule has 0 atom stereocenters. The summed E-state index contributed by atoms with van der Waals surface area (Å²) in [5.74, 6) is 0. The lowest BCUT2D eigenvalue weighted by molar-refractivity contribution is 0.182. The average Bonchev–Trinajstić information content (AvgIpc) is 2.83. The van der Waals surface area contributed by atoms with Gasteiger partial charge < -0.3 is 10.5 Å². The highest BCUT2D eigenvalue weighted by Crippen LogP contribution is 2.24. The molecule has 5 nitrogen and oxygen atoms in total. The first-order chi connectivity index (χ1) is 8.57. The number of sulfonamides is 1. The number of thiophene rings is 1. The molecule has 7 heteroatoms. The Morgan fingerprint density at radius 3 is 2.89 bits per heavy atom. The van der Waals surface area contributed by atoms with Crippen molar-refractivity contribution in [3.63, 3.8) is 0 Å². The van der Waals surface area contributed by atoms with Crippen molar-refractivity contribution >= 4 is 21.4 Å². The maximum atomic E-state index is 12.4. The van der Waals surface area contributed by atoms with Crippen LogP contribution in [0.25, 0.3) is 0 Å². The summed E-state index contributed by atoms with van der Waals surface area (Å²) in [7, 11) is -1.99. The molecule has 0 aromatic carbocycles. The fourth-order valence-electron chi connectivity index (χ4n) is 1.49. The average molecular weight is 290 g/mol. The largest absolute Gasteiger partial charge is 0.383 e. The van der Waals surface area contributed by atoms with Gasteiger partial charge in [-0.05, 0) is 11.4 Å². The zero-order valence-corrected chi connectivity index (χ0v) is 12.0. The summed E-state index contributed by atoms with van der Waals surface area (Å²) in [4.78, 5) is 0.953. The minimum atomic E-state index is -3.52. The van der Waals surface area contributed by atoms with Crippen molar-refractivity contribution in [2.24, 2.45) is 5.73 Å². The van der Waals surface area contributed by atoms with Gasteiger partial charge in [-0.3, -0.25) is 0 Å². The zero-order chi connectivity index (χ0) is 13.6. The van der Waals surface area contributed by atoms with Gasteiger partial charge >= 0.3 is 0 Å². The Morgan fingerprint density at radius 2 is 2.33 bits per heavy atom. The molecule has 0 aliphatic carbocycles. The summed E-state index contributed by atoms with van der Waals surface area (Å²) < 4.78 is 31.1. The quantitative estimate of drug-likeness (QED) is 0.726. The first-order valence-corrected chi connectivity index (χ1v) is 7.76. The topological polar surface area (TPSA) is 72.6 Å². The molecule has 1 aromatic heterocycles. The highest BCUT2D eigenvalue weighted by molar-refractivity contribution is 7.89. The predicted molar refractivity (Wildman–Crippen MR) is 73.0 cm³/mol. The first kappa shape index (κ1) is 15.3. The minimum absolute atomic E-state index is 0.221. The Kier molecular flexibility index (Phi) is 5.97. The maximum Gasteiger partial charge on any atom is 0.244 e. The normalized spacial score (nSPS) is 11.9. The first-order valence-electron chi connectivity index (χ1n) is 5.44. The Bertz CT molecular complexity index is 482. The van der Waals surface area contributed by atoms with E-state index in [4.69, 9.17) is 10.5 Å². The van der Waals surface area contributed by atoms with Crippen LogP contribution >= 0.6 is 11.3 Å². The lowest BCUT2D eigenvalue weighted by Gasteiger charge is -2.20. The van der Waals surface area contributed by atoms with Crippen LogP contribution in [0, 0.1) is 0 Å². The van der Waals surface area contributed by atoms with Crippen molar-refractivity contribution in [2.45, 2.75) is 11.4 Å². The zero-order valence-electron chi connectivity index (χ0n) is 10.3. The molecule has 102 valence electrons. The van der Waals surface area contributed by atoms with Crippen LogP contribution in [0.4, 0.5) is 0 Å². The van der Waals surface area contributed by atoms with Gasteiger partial charge in [0.2, 0.25) is 10.0 Å². The molecule has 0 saturated heterocycles. The lowest BCUT2D eigenvalue weighted by Crippen LogP contribution is -2.34. The fourth-order valence-corrected chi connectivity index (χ4v) is 4.19. The maximum absolute atomic E-state index is 12.4. The Hall–Kier alpha value is -0.730. The molecule has 1 heterocycles. The van der Waals surface area contributed by atoms with E-state index in [1.54, 1.807) is 17.5 Å². The van der Waals surface area contributed by atoms with E-state index in [9.17, 15) is 8.42 Å². The molecule has 18 heavy (non-hydrogen) atoms. The van der Waals surface area contributed by atoms with Crippen LogP contribution in [-0.4, -0.2) is 39.5 Å². The SMILES string of the molecule is C=CCN(CCOC)S(=O)(=O)c1ccsc1CN. The van der Waals surface area contributed by atoms with Crippen molar-refractivity contribution in [1.29, 1.82) is 0 Å². The van der Waals surface area contributed by atoms with E-state index in [1.807, 2.05) is 0 Å². The van der Waals surface area contributed by atoms with Gasteiger partial charge in [-0.2, -0.15) is 4.31 Å². The van der Waals surface area contributed by atoms with Gasteiger partial charge in [-0.25, -0.2) is 8.42 Å². The second-order valence-corrected chi connectivity index (χ2v) is 6.46. The van der Waals surface area contributed by atoms with Crippen molar-refractivity contribution in [3.05, 3.63) is 29.0 Å². The van der Waals surface area contributed by atoms with E-state index in [0.29, 0.717) is 18.0 Å².